The van der Waals surface area contributed by atoms with E-state index in [1.54, 1.807) is 6.92 Å². The molecule has 0 aromatic heterocycles. The molecule has 0 fully saturated rings. The zero-order valence-corrected chi connectivity index (χ0v) is 11.7. The lowest BCUT2D eigenvalue weighted by Crippen LogP contribution is -1.90. The van der Waals surface area contributed by atoms with E-state index in [2.05, 4.69) is 0 Å². The van der Waals surface area contributed by atoms with E-state index in [0.717, 1.165) is 0 Å². The molecule has 0 aliphatic heterocycles. The maximum absolute atomic E-state index is 10.4. The Morgan fingerprint density at radius 1 is 1.12 bits per heavy atom. The van der Waals surface area contributed by atoms with Crippen molar-refractivity contribution in [1.82, 2.24) is 0 Å². The van der Waals surface area contributed by atoms with E-state index >= 15 is 0 Å². The Labute approximate surface area is 107 Å². The number of hydrogen-bond acceptors (Lipinski definition) is 2. The quantitative estimate of drug-likeness (QED) is 0.513. The molecule has 3 nitrogen and oxygen atoms in total. The molecule has 1 aromatic carbocycles. The number of benzene rings is 1. The molecule has 0 saturated carbocycles. The Balaban J connectivity index is 0. The van der Waals surface area contributed by atoms with Crippen LogP contribution in [0.5, 0.6) is 0 Å². The third kappa shape index (κ3) is 4.81. The summed E-state index contributed by atoms with van der Waals surface area (Å²) >= 11 is 11.4. The second kappa shape index (κ2) is 9.43. The Morgan fingerprint density at radius 3 is 1.94 bits per heavy atom. The fraction of sp³-hybridized carbons (Fsp3) is 0.455. The first-order chi connectivity index (χ1) is 7.54. The molecule has 0 heterocycles. The normalized spacial score (nSPS) is 8.19. The highest BCUT2D eigenvalue weighted by Gasteiger charge is 2.15. The Kier molecular flexibility index (Phi) is 10.4. The Bertz CT molecular complexity index is 341. The zero-order chi connectivity index (χ0) is 13.3. The first kappa shape index (κ1) is 17.6. The van der Waals surface area contributed by atoms with Gasteiger partial charge in [0.1, 0.15) is 5.02 Å². The van der Waals surface area contributed by atoms with E-state index in [-0.39, 0.29) is 10.7 Å². The van der Waals surface area contributed by atoms with Crippen molar-refractivity contribution in [3.05, 3.63) is 37.9 Å². The van der Waals surface area contributed by atoms with Gasteiger partial charge >= 0.3 is 0 Å². The van der Waals surface area contributed by atoms with Gasteiger partial charge in [-0.25, -0.2) is 0 Å². The monoisotopic (exact) mass is 265 g/mol. The van der Waals surface area contributed by atoms with Crippen molar-refractivity contribution in [1.29, 1.82) is 0 Å². The zero-order valence-electron chi connectivity index (χ0n) is 10.2. The average Bonchev–Trinajstić information content (AvgIpc) is 2.31. The number of nitrogens with zero attached hydrogens (tertiary/aromatic N) is 1. The van der Waals surface area contributed by atoms with Crippen LogP contribution in [0.1, 0.15) is 33.3 Å². The maximum Gasteiger partial charge on any atom is 0.288 e. The molecule has 0 radical (unpaired) electrons. The lowest BCUT2D eigenvalue weighted by molar-refractivity contribution is -0.384. The van der Waals surface area contributed by atoms with Crippen molar-refractivity contribution < 1.29 is 4.92 Å². The van der Waals surface area contributed by atoms with Crippen LogP contribution in [-0.4, -0.2) is 4.92 Å². The van der Waals surface area contributed by atoms with Gasteiger partial charge in [-0.2, -0.15) is 0 Å². The molecule has 0 aliphatic carbocycles. The first-order valence-electron chi connectivity index (χ1n) is 5.13. The Hall–Kier alpha value is -0.800. The summed E-state index contributed by atoms with van der Waals surface area (Å²) in [5.41, 5.74) is 0.422. The van der Waals surface area contributed by atoms with E-state index in [4.69, 9.17) is 23.2 Å². The van der Waals surface area contributed by atoms with Crippen LogP contribution < -0.4 is 0 Å². The lowest BCUT2D eigenvalue weighted by Gasteiger charge is -2.00. The summed E-state index contributed by atoms with van der Waals surface area (Å²) < 4.78 is 0. The van der Waals surface area contributed by atoms with E-state index < -0.39 is 4.92 Å². The van der Waals surface area contributed by atoms with Gasteiger partial charge in [-0.1, -0.05) is 50.9 Å². The summed E-state index contributed by atoms with van der Waals surface area (Å²) in [4.78, 5) is 9.83. The standard InChI is InChI=1S/C7H5Cl2NO2.2C2H6/c1-4-5(8)2-3-6(7(4)9)10(11)12;2*1-2/h2-3H,1H3;2*1-2H3. The topological polar surface area (TPSA) is 43.1 Å². The molecule has 0 spiro atoms. The van der Waals surface area contributed by atoms with E-state index in [9.17, 15) is 10.1 Å². The van der Waals surface area contributed by atoms with Crippen LogP contribution in [0.4, 0.5) is 5.69 Å². The molecule has 0 bridgehead atoms. The number of nitro benzene ring substituents is 1. The summed E-state index contributed by atoms with van der Waals surface area (Å²) in [5, 5.41) is 10.9. The highest BCUT2D eigenvalue weighted by Crippen LogP contribution is 2.31. The largest absolute Gasteiger partial charge is 0.288 e. The molecule has 0 N–H and O–H groups in total. The van der Waals surface area contributed by atoms with Crippen molar-refractivity contribution in [2.75, 3.05) is 0 Å². The summed E-state index contributed by atoms with van der Waals surface area (Å²) in [6.07, 6.45) is 0. The summed E-state index contributed by atoms with van der Waals surface area (Å²) in [6, 6.07) is 2.75. The molecular formula is C11H17Cl2NO2. The minimum atomic E-state index is -0.536. The minimum Gasteiger partial charge on any atom is -0.258 e. The van der Waals surface area contributed by atoms with Crippen molar-refractivity contribution in [3.8, 4) is 0 Å². The van der Waals surface area contributed by atoms with E-state index in [1.807, 2.05) is 27.7 Å². The highest BCUT2D eigenvalue weighted by molar-refractivity contribution is 6.37. The van der Waals surface area contributed by atoms with Gasteiger partial charge in [0, 0.05) is 11.1 Å². The molecule has 0 saturated heterocycles. The number of rotatable bonds is 1. The van der Waals surface area contributed by atoms with Crippen molar-refractivity contribution >= 4 is 28.9 Å². The first-order valence-corrected chi connectivity index (χ1v) is 5.88. The van der Waals surface area contributed by atoms with Crippen molar-refractivity contribution in [3.63, 3.8) is 0 Å². The van der Waals surface area contributed by atoms with Gasteiger partial charge in [0.25, 0.3) is 5.69 Å². The third-order valence-corrected chi connectivity index (χ3v) is 2.38. The maximum atomic E-state index is 10.4. The van der Waals surface area contributed by atoms with Gasteiger partial charge in [0.05, 0.1) is 4.92 Å². The Morgan fingerprint density at radius 2 is 1.56 bits per heavy atom. The predicted molar refractivity (Wildman–Crippen MR) is 70.5 cm³/mol. The van der Waals surface area contributed by atoms with Crippen molar-refractivity contribution in [2.24, 2.45) is 0 Å². The molecule has 0 aliphatic rings. The van der Waals surface area contributed by atoms with Gasteiger partial charge in [0.15, 0.2) is 0 Å². The van der Waals surface area contributed by atoms with Crippen LogP contribution in [-0.2, 0) is 0 Å². The van der Waals surface area contributed by atoms with Gasteiger partial charge < -0.3 is 0 Å². The molecule has 0 unspecified atom stereocenters. The minimum absolute atomic E-state index is 0.104. The van der Waals surface area contributed by atoms with Crippen LogP contribution >= 0.6 is 23.2 Å². The summed E-state index contributed by atoms with van der Waals surface area (Å²) in [6.45, 7) is 9.64. The van der Waals surface area contributed by atoms with E-state index in [1.165, 1.54) is 12.1 Å². The second-order valence-electron chi connectivity index (χ2n) is 2.26. The van der Waals surface area contributed by atoms with Crippen molar-refractivity contribution in [2.45, 2.75) is 34.6 Å². The third-order valence-electron chi connectivity index (χ3n) is 1.50. The van der Waals surface area contributed by atoms with Gasteiger partial charge in [-0.15, -0.1) is 0 Å². The predicted octanol–water partition coefficient (Wildman–Crippen LogP) is 5.26. The van der Waals surface area contributed by atoms with Crippen LogP contribution in [0, 0.1) is 17.0 Å². The number of hydrogen-bond donors (Lipinski definition) is 0. The molecule has 0 amide bonds. The van der Waals surface area contributed by atoms with Gasteiger partial charge in [-0.3, -0.25) is 10.1 Å². The fourth-order valence-electron chi connectivity index (χ4n) is 0.788. The van der Waals surface area contributed by atoms with Gasteiger partial charge in [-0.05, 0) is 18.6 Å². The number of nitro groups is 1. The van der Waals surface area contributed by atoms with Crippen LogP contribution in [0.2, 0.25) is 10.0 Å². The summed E-state index contributed by atoms with van der Waals surface area (Å²) in [5.74, 6) is 0. The molecular weight excluding hydrogens is 249 g/mol. The smallest absolute Gasteiger partial charge is 0.258 e. The van der Waals surface area contributed by atoms with Crippen LogP contribution in [0.25, 0.3) is 0 Å². The van der Waals surface area contributed by atoms with Crippen LogP contribution in [0.15, 0.2) is 12.1 Å². The van der Waals surface area contributed by atoms with E-state index in [0.29, 0.717) is 10.6 Å². The number of halogens is 2. The average molecular weight is 266 g/mol. The molecule has 16 heavy (non-hydrogen) atoms. The SMILES string of the molecule is CC.CC.Cc1c(Cl)ccc([N+](=O)[O-])c1Cl. The van der Waals surface area contributed by atoms with Gasteiger partial charge in [0.2, 0.25) is 0 Å². The lowest BCUT2D eigenvalue weighted by atomic mass is 10.2. The molecule has 0 atom stereocenters. The fourth-order valence-corrected chi connectivity index (χ4v) is 1.23. The molecule has 1 aromatic rings. The summed E-state index contributed by atoms with van der Waals surface area (Å²) in [7, 11) is 0. The molecule has 1 rings (SSSR count). The molecule has 92 valence electrons. The second-order valence-corrected chi connectivity index (χ2v) is 3.05. The van der Waals surface area contributed by atoms with Crippen LogP contribution in [0.3, 0.4) is 0 Å². The molecule has 5 heteroatoms. The highest BCUT2D eigenvalue weighted by atomic mass is 35.5.